The first-order chi connectivity index (χ1) is 11.7. The van der Waals surface area contributed by atoms with Crippen LogP contribution in [0.1, 0.15) is 33.1 Å². The molecule has 6 heteroatoms. The van der Waals surface area contributed by atoms with Crippen LogP contribution in [0.4, 0.5) is 11.8 Å². The number of rotatable bonds is 7. The van der Waals surface area contributed by atoms with Gasteiger partial charge in [-0.3, -0.25) is 4.98 Å². The van der Waals surface area contributed by atoms with Gasteiger partial charge in [-0.25, -0.2) is 4.98 Å². The van der Waals surface area contributed by atoms with Crippen LogP contribution in [-0.2, 0) is 4.74 Å². The predicted octanol–water partition coefficient (Wildman–Crippen LogP) is 3.34. The van der Waals surface area contributed by atoms with Gasteiger partial charge >= 0.3 is 0 Å². The molecular weight excluding hydrogens is 302 g/mol. The third-order valence-electron chi connectivity index (χ3n) is 4.21. The summed E-state index contributed by atoms with van der Waals surface area (Å²) in [6.45, 7) is 5.89. The van der Waals surface area contributed by atoms with Crippen LogP contribution < -0.4 is 10.6 Å². The van der Waals surface area contributed by atoms with Crippen LogP contribution in [-0.4, -0.2) is 40.2 Å². The van der Waals surface area contributed by atoms with Crippen LogP contribution in [0.25, 0.3) is 11.3 Å². The number of pyridine rings is 1. The second-order valence-electron chi connectivity index (χ2n) is 6.17. The average Bonchev–Trinajstić information content (AvgIpc) is 3.14. The highest BCUT2D eigenvalue weighted by molar-refractivity contribution is 5.63. The lowest BCUT2D eigenvalue weighted by Gasteiger charge is -2.16. The lowest BCUT2D eigenvalue weighted by Crippen LogP contribution is -2.20. The van der Waals surface area contributed by atoms with Gasteiger partial charge in [0.15, 0.2) is 0 Å². The van der Waals surface area contributed by atoms with Gasteiger partial charge in [-0.1, -0.05) is 6.92 Å². The Morgan fingerprint density at radius 2 is 2.29 bits per heavy atom. The average molecular weight is 327 g/mol. The summed E-state index contributed by atoms with van der Waals surface area (Å²) in [5.74, 6) is 1.45. The Labute approximate surface area is 143 Å². The molecular formula is C18H25N5O. The topological polar surface area (TPSA) is 72.0 Å². The molecule has 1 aliphatic heterocycles. The van der Waals surface area contributed by atoms with E-state index in [-0.39, 0.29) is 6.10 Å². The summed E-state index contributed by atoms with van der Waals surface area (Å²) in [5.41, 5.74) is 1.84. The Balaban J connectivity index is 1.81. The molecule has 1 saturated heterocycles. The van der Waals surface area contributed by atoms with Crippen LogP contribution in [0, 0.1) is 0 Å². The zero-order valence-corrected chi connectivity index (χ0v) is 14.3. The molecule has 1 fully saturated rings. The largest absolute Gasteiger partial charge is 0.376 e. The van der Waals surface area contributed by atoms with Gasteiger partial charge in [-0.2, -0.15) is 4.98 Å². The zero-order chi connectivity index (χ0) is 16.8. The van der Waals surface area contributed by atoms with Crippen molar-refractivity contribution >= 4 is 11.8 Å². The molecule has 0 aromatic carbocycles. The molecule has 24 heavy (non-hydrogen) atoms. The van der Waals surface area contributed by atoms with E-state index in [1.807, 2.05) is 24.4 Å². The molecule has 0 bridgehead atoms. The number of nitrogens with zero attached hydrogens (tertiary/aromatic N) is 3. The van der Waals surface area contributed by atoms with Crippen molar-refractivity contribution in [2.24, 2.45) is 0 Å². The summed E-state index contributed by atoms with van der Waals surface area (Å²) in [6, 6.07) is 6.21. The summed E-state index contributed by atoms with van der Waals surface area (Å²) in [5, 5.41) is 6.75. The highest BCUT2D eigenvalue weighted by Crippen LogP contribution is 2.22. The van der Waals surface area contributed by atoms with E-state index in [1.165, 1.54) is 0 Å². The van der Waals surface area contributed by atoms with Gasteiger partial charge < -0.3 is 15.4 Å². The zero-order valence-electron chi connectivity index (χ0n) is 14.3. The molecule has 3 heterocycles. The van der Waals surface area contributed by atoms with Crippen molar-refractivity contribution in [3.63, 3.8) is 0 Å². The molecule has 3 rings (SSSR count). The molecule has 2 aromatic heterocycles. The molecule has 0 saturated carbocycles. The smallest absolute Gasteiger partial charge is 0.225 e. The minimum atomic E-state index is 0.271. The standard InChI is InChI=1S/C18H25N5O/c1-3-13(2)21-18-22-16(14-6-4-8-19-11-14)10-17(23-18)20-12-15-7-5-9-24-15/h4,6,8,10-11,13,15H,3,5,7,9,12H2,1-2H3,(H2,20,21,22,23)/t13-,15+/m0/s1. The Bertz CT molecular complexity index is 643. The minimum absolute atomic E-state index is 0.271. The van der Waals surface area contributed by atoms with E-state index in [9.17, 15) is 0 Å². The van der Waals surface area contributed by atoms with Gasteiger partial charge in [0.05, 0.1) is 11.8 Å². The maximum atomic E-state index is 5.67. The van der Waals surface area contributed by atoms with Crippen molar-refractivity contribution in [3.8, 4) is 11.3 Å². The highest BCUT2D eigenvalue weighted by atomic mass is 16.5. The lowest BCUT2D eigenvalue weighted by atomic mass is 10.2. The molecule has 0 spiro atoms. The number of aromatic nitrogens is 3. The fraction of sp³-hybridized carbons (Fsp3) is 0.500. The second kappa shape index (κ2) is 8.06. The first kappa shape index (κ1) is 16.6. The third kappa shape index (κ3) is 4.41. The Kier molecular flexibility index (Phi) is 5.59. The van der Waals surface area contributed by atoms with Gasteiger partial charge in [0.25, 0.3) is 0 Å². The van der Waals surface area contributed by atoms with E-state index in [0.29, 0.717) is 12.0 Å². The van der Waals surface area contributed by atoms with E-state index < -0.39 is 0 Å². The first-order valence-corrected chi connectivity index (χ1v) is 8.66. The molecule has 2 atom stereocenters. The van der Waals surface area contributed by atoms with Crippen LogP contribution in [0.5, 0.6) is 0 Å². The van der Waals surface area contributed by atoms with Gasteiger partial charge in [0.2, 0.25) is 5.95 Å². The Hall–Kier alpha value is -2.21. The number of anilines is 2. The van der Waals surface area contributed by atoms with Crippen LogP contribution >= 0.6 is 0 Å². The molecule has 2 N–H and O–H groups in total. The Morgan fingerprint density at radius 3 is 3.00 bits per heavy atom. The highest BCUT2D eigenvalue weighted by Gasteiger charge is 2.16. The number of hydrogen-bond acceptors (Lipinski definition) is 6. The maximum absolute atomic E-state index is 5.67. The van der Waals surface area contributed by atoms with Crippen molar-refractivity contribution in [3.05, 3.63) is 30.6 Å². The van der Waals surface area contributed by atoms with E-state index in [4.69, 9.17) is 4.74 Å². The van der Waals surface area contributed by atoms with Crippen molar-refractivity contribution in [2.75, 3.05) is 23.8 Å². The summed E-state index contributed by atoms with van der Waals surface area (Å²) in [7, 11) is 0. The monoisotopic (exact) mass is 327 g/mol. The van der Waals surface area contributed by atoms with Gasteiger partial charge in [-0.05, 0) is 38.3 Å². The molecule has 6 nitrogen and oxygen atoms in total. The number of nitrogens with one attached hydrogen (secondary N) is 2. The quantitative estimate of drug-likeness (QED) is 0.812. The summed E-state index contributed by atoms with van der Waals surface area (Å²) >= 11 is 0. The van der Waals surface area contributed by atoms with E-state index in [2.05, 4.69) is 39.4 Å². The summed E-state index contributed by atoms with van der Waals surface area (Å²) in [4.78, 5) is 13.4. The SMILES string of the molecule is CC[C@H](C)Nc1nc(NC[C@H]2CCCO2)cc(-c2cccnc2)n1. The normalized spacial score (nSPS) is 18.3. The van der Waals surface area contributed by atoms with Crippen molar-refractivity contribution < 1.29 is 4.74 Å². The van der Waals surface area contributed by atoms with Crippen LogP contribution in [0.2, 0.25) is 0 Å². The van der Waals surface area contributed by atoms with E-state index in [0.717, 1.165) is 49.5 Å². The second-order valence-corrected chi connectivity index (χ2v) is 6.17. The van der Waals surface area contributed by atoms with Gasteiger partial charge in [0, 0.05) is 43.2 Å². The first-order valence-electron chi connectivity index (χ1n) is 8.66. The van der Waals surface area contributed by atoms with Crippen molar-refractivity contribution in [1.82, 2.24) is 15.0 Å². The maximum Gasteiger partial charge on any atom is 0.225 e. The van der Waals surface area contributed by atoms with Crippen molar-refractivity contribution in [2.45, 2.75) is 45.3 Å². The molecule has 0 unspecified atom stereocenters. The lowest BCUT2D eigenvalue weighted by molar-refractivity contribution is 0.120. The molecule has 0 aliphatic carbocycles. The third-order valence-corrected chi connectivity index (χ3v) is 4.21. The fourth-order valence-corrected chi connectivity index (χ4v) is 2.61. The fourth-order valence-electron chi connectivity index (χ4n) is 2.61. The minimum Gasteiger partial charge on any atom is -0.376 e. The van der Waals surface area contributed by atoms with E-state index in [1.54, 1.807) is 6.20 Å². The summed E-state index contributed by atoms with van der Waals surface area (Å²) < 4.78 is 5.67. The van der Waals surface area contributed by atoms with Crippen LogP contribution in [0.3, 0.4) is 0 Å². The number of hydrogen-bond donors (Lipinski definition) is 2. The van der Waals surface area contributed by atoms with Gasteiger partial charge in [-0.15, -0.1) is 0 Å². The predicted molar refractivity (Wildman–Crippen MR) is 96.1 cm³/mol. The molecule has 128 valence electrons. The summed E-state index contributed by atoms with van der Waals surface area (Å²) in [6.07, 6.45) is 7.11. The van der Waals surface area contributed by atoms with E-state index >= 15 is 0 Å². The number of ether oxygens (including phenoxy) is 1. The van der Waals surface area contributed by atoms with Crippen LogP contribution in [0.15, 0.2) is 30.6 Å². The van der Waals surface area contributed by atoms with Gasteiger partial charge in [0.1, 0.15) is 5.82 Å². The Morgan fingerprint density at radius 1 is 1.38 bits per heavy atom. The molecule has 0 radical (unpaired) electrons. The molecule has 0 amide bonds. The molecule has 1 aliphatic rings. The van der Waals surface area contributed by atoms with Crippen molar-refractivity contribution in [1.29, 1.82) is 0 Å². The molecule has 2 aromatic rings.